The first-order valence-electron chi connectivity index (χ1n) is 6.76. The van der Waals surface area contributed by atoms with Gasteiger partial charge in [0, 0.05) is 12.6 Å². The fraction of sp³-hybridized carbons (Fsp3) is 0.923. The van der Waals surface area contributed by atoms with Gasteiger partial charge >= 0.3 is 0 Å². The lowest BCUT2D eigenvalue weighted by Crippen LogP contribution is -2.44. The first kappa shape index (κ1) is 14.8. The summed E-state index contributed by atoms with van der Waals surface area (Å²) in [5.74, 6) is 2.45. The molecule has 0 saturated carbocycles. The van der Waals surface area contributed by atoms with Crippen LogP contribution in [0.1, 0.15) is 39.5 Å². The van der Waals surface area contributed by atoms with Gasteiger partial charge in [0.25, 0.3) is 0 Å². The van der Waals surface area contributed by atoms with Gasteiger partial charge in [0.15, 0.2) is 0 Å². The maximum atomic E-state index is 12.1. The number of hydrogen-bond donors (Lipinski definition) is 1. The lowest BCUT2D eigenvalue weighted by Gasteiger charge is -2.35. The Morgan fingerprint density at radius 1 is 1.53 bits per heavy atom. The average molecular weight is 258 g/mol. The fourth-order valence-corrected chi connectivity index (χ4v) is 3.25. The maximum absolute atomic E-state index is 12.1. The summed E-state index contributed by atoms with van der Waals surface area (Å²) in [6.45, 7) is 5.99. The Labute approximate surface area is 109 Å². The number of nitrogens with two attached hydrogens (primary N) is 1. The highest BCUT2D eigenvalue weighted by molar-refractivity contribution is 7.99. The van der Waals surface area contributed by atoms with Gasteiger partial charge in [-0.25, -0.2) is 0 Å². The van der Waals surface area contributed by atoms with E-state index in [9.17, 15) is 4.79 Å². The number of thioether (sulfide) groups is 1. The van der Waals surface area contributed by atoms with Crippen LogP contribution in [0.4, 0.5) is 0 Å². The zero-order valence-electron chi connectivity index (χ0n) is 11.2. The quantitative estimate of drug-likeness (QED) is 0.793. The second-order valence-corrected chi connectivity index (χ2v) is 6.03. The summed E-state index contributed by atoms with van der Waals surface area (Å²) in [5, 5.41) is 0. The molecule has 2 unspecified atom stereocenters. The molecule has 0 aromatic heterocycles. The van der Waals surface area contributed by atoms with E-state index < -0.39 is 0 Å². The zero-order valence-corrected chi connectivity index (χ0v) is 12.0. The Balaban J connectivity index is 2.30. The summed E-state index contributed by atoms with van der Waals surface area (Å²) in [6.07, 6.45) is 4.73. The van der Waals surface area contributed by atoms with E-state index in [4.69, 9.17) is 5.73 Å². The van der Waals surface area contributed by atoms with Crippen LogP contribution in [0.2, 0.25) is 0 Å². The Kier molecular flexibility index (Phi) is 6.97. The number of rotatable bonds is 6. The number of piperidine rings is 1. The topological polar surface area (TPSA) is 46.3 Å². The molecule has 0 bridgehead atoms. The highest BCUT2D eigenvalue weighted by Gasteiger charge is 2.24. The van der Waals surface area contributed by atoms with E-state index in [-0.39, 0.29) is 0 Å². The lowest BCUT2D eigenvalue weighted by molar-refractivity contribution is -0.132. The van der Waals surface area contributed by atoms with Crippen LogP contribution >= 0.6 is 11.8 Å². The molecule has 100 valence electrons. The van der Waals surface area contributed by atoms with Crippen molar-refractivity contribution in [3.8, 4) is 0 Å². The SMILES string of the molecule is CCC1CCCCN1C(=O)CSCC(C)CN. The number of nitrogens with zero attached hydrogens (tertiary/aromatic N) is 1. The van der Waals surface area contributed by atoms with E-state index in [1.807, 2.05) is 0 Å². The van der Waals surface area contributed by atoms with Gasteiger partial charge in [-0.1, -0.05) is 13.8 Å². The molecule has 1 aliphatic heterocycles. The average Bonchev–Trinajstić information content (AvgIpc) is 2.38. The van der Waals surface area contributed by atoms with Crippen molar-refractivity contribution in [2.45, 2.75) is 45.6 Å². The van der Waals surface area contributed by atoms with Gasteiger partial charge < -0.3 is 10.6 Å². The van der Waals surface area contributed by atoms with Crippen LogP contribution in [0, 0.1) is 5.92 Å². The Morgan fingerprint density at radius 3 is 2.94 bits per heavy atom. The Bertz CT molecular complexity index is 235. The first-order valence-corrected chi connectivity index (χ1v) is 7.91. The summed E-state index contributed by atoms with van der Waals surface area (Å²) in [5.41, 5.74) is 5.57. The van der Waals surface area contributed by atoms with Crippen molar-refractivity contribution in [1.82, 2.24) is 4.90 Å². The summed E-state index contributed by atoms with van der Waals surface area (Å²) in [6, 6.07) is 0.490. The highest BCUT2D eigenvalue weighted by atomic mass is 32.2. The lowest BCUT2D eigenvalue weighted by atomic mass is 10.0. The number of carbonyl (C=O) groups is 1. The van der Waals surface area contributed by atoms with Crippen LogP contribution in [0.25, 0.3) is 0 Å². The number of carbonyl (C=O) groups excluding carboxylic acids is 1. The van der Waals surface area contributed by atoms with E-state index in [0.29, 0.717) is 30.2 Å². The molecule has 1 saturated heterocycles. The molecular weight excluding hydrogens is 232 g/mol. The fourth-order valence-electron chi connectivity index (χ4n) is 2.25. The van der Waals surface area contributed by atoms with Gasteiger partial charge in [0.1, 0.15) is 0 Å². The number of hydrogen-bond acceptors (Lipinski definition) is 3. The summed E-state index contributed by atoms with van der Waals surface area (Å²) in [7, 11) is 0. The predicted octanol–water partition coefficient (Wildman–Crippen LogP) is 2.11. The smallest absolute Gasteiger partial charge is 0.232 e. The minimum Gasteiger partial charge on any atom is -0.339 e. The van der Waals surface area contributed by atoms with E-state index in [0.717, 1.165) is 18.7 Å². The van der Waals surface area contributed by atoms with Crippen molar-refractivity contribution < 1.29 is 4.79 Å². The monoisotopic (exact) mass is 258 g/mol. The summed E-state index contributed by atoms with van der Waals surface area (Å²) in [4.78, 5) is 14.2. The third-order valence-corrected chi connectivity index (χ3v) is 4.70. The van der Waals surface area contributed by atoms with Gasteiger partial charge in [-0.2, -0.15) is 11.8 Å². The minimum atomic E-state index is 0.325. The normalized spacial score (nSPS) is 22.5. The standard InChI is InChI=1S/C13H26N2OS/c1-3-12-6-4-5-7-15(12)13(16)10-17-9-11(2)8-14/h11-12H,3-10,14H2,1-2H3. The van der Waals surface area contributed by atoms with Gasteiger partial charge in [-0.15, -0.1) is 0 Å². The number of likely N-dealkylation sites (tertiary alicyclic amines) is 1. The minimum absolute atomic E-state index is 0.325. The molecule has 4 heteroatoms. The van der Waals surface area contributed by atoms with E-state index in [1.54, 1.807) is 11.8 Å². The molecule has 0 spiro atoms. The van der Waals surface area contributed by atoms with Gasteiger partial charge in [-0.3, -0.25) is 4.79 Å². The van der Waals surface area contributed by atoms with E-state index in [1.165, 1.54) is 19.3 Å². The Hall–Kier alpha value is -0.220. The summed E-state index contributed by atoms with van der Waals surface area (Å²) < 4.78 is 0. The van der Waals surface area contributed by atoms with Gasteiger partial charge in [-0.05, 0) is 43.9 Å². The van der Waals surface area contributed by atoms with Crippen LogP contribution in [0.3, 0.4) is 0 Å². The molecular formula is C13H26N2OS. The van der Waals surface area contributed by atoms with Crippen LogP contribution in [0.15, 0.2) is 0 Å². The largest absolute Gasteiger partial charge is 0.339 e. The van der Waals surface area contributed by atoms with E-state index >= 15 is 0 Å². The van der Waals surface area contributed by atoms with Crippen molar-refractivity contribution in [1.29, 1.82) is 0 Å². The predicted molar refractivity (Wildman–Crippen MR) is 75.2 cm³/mol. The second-order valence-electron chi connectivity index (χ2n) is 5.00. The Morgan fingerprint density at radius 2 is 2.29 bits per heavy atom. The molecule has 17 heavy (non-hydrogen) atoms. The molecule has 0 aliphatic carbocycles. The molecule has 1 amide bonds. The molecule has 1 rings (SSSR count). The second kappa shape index (κ2) is 7.98. The van der Waals surface area contributed by atoms with Gasteiger partial charge in [0.2, 0.25) is 5.91 Å². The van der Waals surface area contributed by atoms with Crippen molar-refractivity contribution in [2.75, 3.05) is 24.6 Å². The number of amides is 1. The van der Waals surface area contributed by atoms with E-state index in [2.05, 4.69) is 18.7 Å². The third kappa shape index (κ3) is 4.88. The third-order valence-electron chi connectivity index (χ3n) is 3.45. The van der Waals surface area contributed by atoms with Crippen molar-refractivity contribution >= 4 is 17.7 Å². The molecule has 1 heterocycles. The highest BCUT2D eigenvalue weighted by Crippen LogP contribution is 2.20. The van der Waals surface area contributed by atoms with Crippen molar-refractivity contribution in [2.24, 2.45) is 11.7 Å². The zero-order chi connectivity index (χ0) is 12.7. The molecule has 1 aliphatic rings. The summed E-state index contributed by atoms with van der Waals surface area (Å²) >= 11 is 1.73. The molecule has 2 atom stereocenters. The molecule has 2 N–H and O–H groups in total. The molecule has 1 fully saturated rings. The first-order chi connectivity index (χ1) is 8.19. The van der Waals surface area contributed by atoms with Crippen LogP contribution in [-0.2, 0) is 4.79 Å². The molecule has 0 radical (unpaired) electrons. The van der Waals surface area contributed by atoms with Crippen LogP contribution in [0.5, 0.6) is 0 Å². The van der Waals surface area contributed by atoms with Crippen LogP contribution in [-0.4, -0.2) is 41.4 Å². The molecule has 3 nitrogen and oxygen atoms in total. The molecule has 0 aromatic rings. The van der Waals surface area contributed by atoms with Crippen molar-refractivity contribution in [3.63, 3.8) is 0 Å². The maximum Gasteiger partial charge on any atom is 0.232 e. The van der Waals surface area contributed by atoms with Crippen molar-refractivity contribution in [3.05, 3.63) is 0 Å². The van der Waals surface area contributed by atoms with Gasteiger partial charge in [0.05, 0.1) is 5.75 Å². The van der Waals surface area contributed by atoms with Crippen LogP contribution < -0.4 is 5.73 Å². The molecule has 0 aromatic carbocycles.